The molecular formula is C16H27N3O3. The summed E-state index contributed by atoms with van der Waals surface area (Å²) in [7, 11) is 3.65. The van der Waals surface area contributed by atoms with Gasteiger partial charge in [0.1, 0.15) is 6.61 Å². The third kappa shape index (κ3) is 3.50. The van der Waals surface area contributed by atoms with Crippen LogP contribution in [0.3, 0.4) is 0 Å². The van der Waals surface area contributed by atoms with Crippen LogP contribution in [0.1, 0.15) is 19.3 Å². The van der Waals surface area contributed by atoms with Crippen molar-refractivity contribution in [2.45, 2.75) is 24.8 Å². The van der Waals surface area contributed by atoms with Crippen LogP contribution in [0, 0.1) is 0 Å². The van der Waals surface area contributed by atoms with E-state index in [4.69, 9.17) is 4.74 Å². The van der Waals surface area contributed by atoms with E-state index < -0.39 is 0 Å². The number of hydrogen-bond donors (Lipinski definition) is 0. The first-order valence-electron chi connectivity index (χ1n) is 7.89. The first kappa shape index (κ1) is 17.0. The molecule has 6 heteroatoms. The Morgan fingerprint density at radius 1 is 1.36 bits per heavy atom. The van der Waals surface area contributed by atoms with Gasteiger partial charge in [-0.25, -0.2) is 0 Å². The molecule has 2 fully saturated rings. The van der Waals surface area contributed by atoms with Crippen molar-refractivity contribution >= 4 is 11.8 Å². The Morgan fingerprint density at radius 3 is 2.82 bits per heavy atom. The molecule has 124 valence electrons. The van der Waals surface area contributed by atoms with Crippen LogP contribution in [-0.4, -0.2) is 85.5 Å². The number of carbonyl (C=O) groups is 2. The minimum absolute atomic E-state index is 0.0356. The van der Waals surface area contributed by atoms with Crippen molar-refractivity contribution in [2.75, 3.05) is 53.5 Å². The zero-order chi connectivity index (χ0) is 16.2. The average molecular weight is 309 g/mol. The van der Waals surface area contributed by atoms with Crippen LogP contribution in [-0.2, 0) is 14.3 Å². The Hall–Kier alpha value is -1.40. The summed E-state index contributed by atoms with van der Waals surface area (Å²) < 4.78 is 4.97. The van der Waals surface area contributed by atoms with Crippen LogP contribution in [0.5, 0.6) is 0 Å². The van der Waals surface area contributed by atoms with E-state index >= 15 is 0 Å². The molecule has 2 amide bonds. The molecular weight excluding hydrogens is 282 g/mol. The third-order valence-corrected chi connectivity index (χ3v) is 4.97. The number of amides is 2. The number of nitrogens with zero attached hydrogens (tertiary/aromatic N) is 3. The monoisotopic (exact) mass is 309 g/mol. The smallest absolute Gasteiger partial charge is 0.248 e. The van der Waals surface area contributed by atoms with Crippen LogP contribution in [0.15, 0.2) is 12.7 Å². The predicted octanol–water partition coefficient (Wildman–Crippen LogP) is 0.344. The first-order chi connectivity index (χ1) is 10.5. The molecule has 0 radical (unpaired) electrons. The number of methoxy groups -OCH3 is 1. The fraction of sp³-hybridized carbons (Fsp3) is 0.750. The Kier molecular flexibility index (Phi) is 5.58. The molecule has 0 N–H and O–H groups in total. The number of hydrogen-bond acceptors (Lipinski definition) is 4. The zero-order valence-electron chi connectivity index (χ0n) is 13.7. The normalized spacial score (nSPS) is 27.1. The summed E-state index contributed by atoms with van der Waals surface area (Å²) in [6.45, 7) is 7.42. The van der Waals surface area contributed by atoms with Gasteiger partial charge in [-0.1, -0.05) is 6.08 Å². The number of piperazine rings is 1. The summed E-state index contributed by atoms with van der Waals surface area (Å²) in [4.78, 5) is 30.4. The van der Waals surface area contributed by atoms with Gasteiger partial charge in [-0.3, -0.25) is 14.5 Å². The van der Waals surface area contributed by atoms with Crippen molar-refractivity contribution in [3.05, 3.63) is 12.7 Å². The molecule has 0 aliphatic carbocycles. The molecule has 2 heterocycles. The summed E-state index contributed by atoms with van der Waals surface area (Å²) in [6, 6.07) is 0. The lowest BCUT2D eigenvalue weighted by atomic mass is 9.86. The Morgan fingerprint density at radius 2 is 2.14 bits per heavy atom. The van der Waals surface area contributed by atoms with Gasteiger partial charge in [-0.15, -0.1) is 6.58 Å². The fourth-order valence-electron chi connectivity index (χ4n) is 3.47. The van der Waals surface area contributed by atoms with E-state index in [9.17, 15) is 9.59 Å². The second kappa shape index (κ2) is 7.24. The highest BCUT2D eigenvalue weighted by Gasteiger charge is 2.43. The topological polar surface area (TPSA) is 53.1 Å². The van der Waals surface area contributed by atoms with Crippen molar-refractivity contribution in [1.82, 2.24) is 14.7 Å². The van der Waals surface area contributed by atoms with Gasteiger partial charge in [0.2, 0.25) is 11.8 Å². The van der Waals surface area contributed by atoms with Crippen molar-refractivity contribution in [1.29, 1.82) is 0 Å². The van der Waals surface area contributed by atoms with E-state index in [0.717, 1.165) is 32.5 Å². The van der Waals surface area contributed by atoms with Gasteiger partial charge in [0.25, 0.3) is 0 Å². The molecule has 2 aliphatic rings. The van der Waals surface area contributed by atoms with Gasteiger partial charge >= 0.3 is 0 Å². The van der Waals surface area contributed by atoms with Crippen LogP contribution < -0.4 is 0 Å². The van der Waals surface area contributed by atoms with Crippen molar-refractivity contribution in [3.63, 3.8) is 0 Å². The molecule has 0 bridgehead atoms. The minimum Gasteiger partial charge on any atom is -0.375 e. The van der Waals surface area contributed by atoms with Crippen molar-refractivity contribution in [2.24, 2.45) is 0 Å². The van der Waals surface area contributed by atoms with E-state index in [1.54, 1.807) is 13.2 Å². The molecule has 1 atom stereocenters. The van der Waals surface area contributed by atoms with Crippen LogP contribution in [0.4, 0.5) is 0 Å². The molecule has 2 aliphatic heterocycles. The Bertz CT molecular complexity index is 440. The molecule has 22 heavy (non-hydrogen) atoms. The van der Waals surface area contributed by atoms with E-state index in [1.165, 1.54) is 0 Å². The average Bonchev–Trinajstić information content (AvgIpc) is 2.65. The van der Waals surface area contributed by atoms with Gasteiger partial charge in [0, 0.05) is 51.8 Å². The van der Waals surface area contributed by atoms with Crippen LogP contribution >= 0.6 is 0 Å². The maximum Gasteiger partial charge on any atom is 0.248 e. The largest absolute Gasteiger partial charge is 0.375 e. The van der Waals surface area contributed by atoms with Gasteiger partial charge in [0.05, 0.1) is 0 Å². The van der Waals surface area contributed by atoms with Gasteiger partial charge in [-0.2, -0.15) is 0 Å². The second-order valence-corrected chi connectivity index (χ2v) is 6.27. The number of rotatable bonds is 4. The van der Waals surface area contributed by atoms with E-state index in [-0.39, 0.29) is 24.0 Å². The molecule has 0 aromatic heterocycles. The first-order valence-corrected chi connectivity index (χ1v) is 7.89. The Labute approximate surface area is 132 Å². The highest BCUT2D eigenvalue weighted by molar-refractivity contribution is 5.78. The van der Waals surface area contributed by atoms with Gasteiger partial charge in [0.15, 0.2) is 0 Å². The summed E-state index contributed by atoms with van der Waals surface area (Å²) in [6.07, 6.45) is 3.99. The van der Waals surface area contributed by atoms with Gasteiger partial charge in [-0.05, 0) is 19.9 Å². The molecule has 0 aromatic carbocycles. The van der Waals surface area contributed by atoms with E-state index in [0.29, 0.717) is 19.5 Å². The number of likely N-dealkylation sites (tertiary alicyclic amines) is 1. The number of ether oxygens (including phenoxy) is 1. The van der Waals surface area contributed by atoms with Crippen LogP contribution in [0.25, 0.3) is 0 Å². The van der Waals surface area contributed by atoms with E-state index in [1.807, 2.05) is 9.80 Å². The molecule has 2 rings (SSSR count). The lowest BCUT2D eigenvalue weighted by Gasteiger charge is -2.49. The molecule has 6 nitrogen and oxygen atoms in total. The fourth-order valence-corrected chi connectivity index (χ4v) is 3.47. The standard InChI is InChI=1S/C16H27N3O3/c1-4-8-18-9-7-16(6-5-14(18)20)13-19(11-10-17(16)2)15(21)12-22-3/h4H,1,5-13H2,2-3H3. The summed E-state index contributed by atoms with van der Waals surface area (Å²) in [5, 5.41) is 0. The molecule has 1 unspecified atom stereocenters. The summed E-state index contributed by atoms with van der Waals surface area (Å²) in [5.41, 5.74) is -0.104. The van der Waals surface area contributed by atoms with E-state index in [2.05, 4.69) is 18.5 Å². The number of likely N-dealkylation sites (N-methyl/N-ethyl adjacent to an activating group) is 1. The zero-order valence-corrected chi connectivity index (χ0v) is 13.7. The Balaban J connectivity index is 2.10. The quantitative estimate of drug-likeness (QED) is 0.703. The highest BCUT2D eigenvalue weighted by atomic mass is 16.5. The summed E-state index contributed by atoms with van der Waals surface area (Å²) in [5.74, 6) is 0.221. The molecule has 2 saturated heterocycles. The van der Waals surface area contributed by atoms with Crippen molar-refractivity contribution < 1.29 is 14.3 Å². The predicted molar refractivity (Wildman–Crippen MR) is 84.4 cm³/mol. The maximum absolute atomic E-state index is 12.2. The lowest BCUT2D eigenvalue weighted by molar-refractivity contribution is -0.140. The maximum atomic E-state index is 12.2. The van der Waals surface area contributed by atoms with Gasteiger partial charge < -0.3 is 14.5 Å². The third-order valence-electron chi connectivity index (χ3n) is 4.97. The molecule has 0 aromatic rings. The number of carbonyl (C=O) groups excluding carboxylic acids is 2. The van der Waals surface area contributed by atoms with Crippen molar-refractivity contribution in [3.8, 4) is 0 Å². The SMILES string of the molecule is C=CCN1CCC2(CCC1=O)CN(C(=O)COC)CCN2C. The minimum atomic E-state index is -0.104. The molecule has 0 saturated carbocycles. The second-order valence-electron chi connectivity index (χ2n) is 6.27. The lowest BCUT2D eigenvalue weighted by Crippen LogP contribution is -2.62. The summed E-state index contributed by atoms with van der Waals surface area (Å²) >= 11 is 0. The highest BCUT2D eigenvalue weighted by Crippen LogP contribution is 2.32. The molecule has 1 spiro atoms. The van der Waals surface area contributed by atoms with Crippen LogP contribution in [0.2, 0.25) is 0 Å².